The molecule has 1 N–H and O–H groups in total. The van der Waals surface area contributed by atoms with Gasteiger partial charge >= 0.3 is 5.97 Å². The van der Waals surface area contributed by atoms with Gasteiger partial charge in [0, 0.05) is 13.5 Å². The van der Waals surface area contributed by atoms with Gasteiger partial charge in [-0.2, -0.15) is 0 Å². The Labute approximate surface area is 107 Å². The molecule has 0 heterocycles. The molecule has 0 radical (unpaired) electrons. The van der Waals surface area contributed by atoms with Gasteiger partial charge < -0.3 is 10.1 Å². The average molecular weight is 247 g/mol. The van der Waals surface area contributed by atoms with Crippen molar-refractivity contribution in [2.75, 3.05) is 13.7 Å². The number of carbonyl (C=O) groups excluding carboxylic acids is 2. The number of nitrogens with one attached hydrogen (secondary N) is 1. The van der Waals surface area contributed by atoms with Gasteiger partial charge in [-0.3, -0.25) is 4.79 Å². The van der Waals surface area contributed by atoms with Crippen LogP contribution in [0.4, 0.5) is 0 Å². The van der Waals surface area contributed by atoms with Crippen LogP contribution >= 0.6 is 0 Å². The van der Waals surface area contributed by atoms with E-state index in [2.05, 4.69) is 10.1 Å². The minimum Gasteiger partial charge on any atom is -0.465 e. The van der Waals surface area contributed by atoms with E-state index in [1.54, 1.807) is 12.1 Å². The number of rotatable bonds is 4. The van der Waals surface area contributed by atoms with E-state index in [1.165, 1.54) is 14.0 Å². The van der Waals surface area contributed by atoms with Gasteiger partial charge in [0.05, 0.1) is 12.7 Å². The first-order valence-electron chi connectivity index (χ1n) is 5.64. The third kappa shape index (κ3) is 4.05. The molecule has 0 atom stereocenters. The molecule has 0 aliphatic carbocycles. The molecule has 1 aromatic carbocycles. The fourth-order valence-electron chi connectivity index (χ4n) is 1.50. The number of benzene rings is 1. The summed E-state index contributed by atoms with van der Waals surface area (Å²) in [6.07, 6.45) is 3.77. The molecule has 1 amide bonds. The van der Waals surface area contributed by atoms with Crippen LogP contribution in [0.1, 0.15) is 28.4 Å². The summed E-state index contributed by atoms with van der Waals surface area (Å²) in [7, 11) is 1.36. The second-order valence-corrected chi connectivity index (χ2v) is 3.90. The zero-order valence-corrected chi connectivity index (χ0v) is 10.8. The number of amides is 1. The van der Waals surface area contributed by atoms with Gasteiger partial charge in [0.15, 0.2) is 0 Å². The molecule has 0 aliphatic heterocycles. The van der Waals surface area contributed by atoms with Crippen molar-refractivity contribution in [2.45, 2.75) is 13.8 Å². The van der Waals surface area contributed by atoms with Crippen molar-refractivity contribution < 1.29 is 14.3 Å². The van der Waals surface area contributed by atoms with E-state index >= 15 is 0 Å². The van der Waals surface area contributed by atoms with E-state index in [4.69, 9.17) is 0 Å². The number of aryl methyl sites for hydroxylation is 1. The van der Waals surface area contributed by atoms with Crippen molar-refractivity contribution in [3.8, 4) is 0 Å². The summed E-state index contributed by atoms with van der Waals surface area (Å²) in [5.74, 6) is -0.399. The van der Waals surface area contributed by atoms with Crippen LogP contribution in [0.2, 0.25) is 0 Å². The van der Waals surface area contributed by atoms with Crippen molar-refractivity contribution in [2.24, 2.45) is 0 Å². The Morgan fingerprint density at radius 2 is 2.11 bits per heavy atom. The van der Waals surface area contributed by atoms with E-state index in [9.17, 15) is 9.59 Å². The standard InChI is InChI=1S/C14H17NO3/c1-10-9-13(14(17)18-3)7-6-12(10)5-4-8-15-11(2)16/h4-7,9H,8H2,1-3H3,(H,15,16). The fourth-order valence-corrected chi connectivity index (χ4v) is 1.50. The van der Waals surface area contributed by atoms with Crippen molar-refractivity contribution in [3.63, 3.8) is 0 Å². The lowest BCUT2D eigenvalue weighted by Gasteiger charge is -2.04. The zero-order valence-electron chi connectivity index (χ0n) is 10.8. The number of esters is 1. The van der Waals surface area contributed by atoms with Crippen LogP contribution in [-0.2, 0) is 9.53 Å². The third-order valence-electron chi connectivity index (χ3n) is 2.46. The first-order chi connectivity index (χ1) is 8.54. The van der Waals surface area contributed by atoms with Crippen LogP contribution in [0.3, 0.4) is 0 Å². The van der Waals surface area contributed by atoms with Gasteiger partial charge in [-0.15, -0.1) is 0 Å². The van der Waals surface area contributed by atoms with Crippen molar-refractivity contribution >= 4 is 18.0 Å². The van der Waals surface area contributed by atoms with Crippen LogP contribution in [0.15, 0.2) is 24.3 Å². The largest absolute Gasteiger partial charge is 0.465 e. The topological polar surface area (TPSA) is 55.4 Å². The summed E-state index contributed by atoms with van der Waals surface area (Å²) < 4.78 is 4.65. The number of methoxy groups -OCH3 is 1. The van der Waals surface area contributed by atoms with Crippen LogP contribution in [0, 0.1) is 6.92 Å². The molecule has 0 spiro atoms. The summed E-state index contributed by atoms with van der Waals surface area (Å²) >= 11 is 0. The molecule has 96 valence electrons. The minimum absolute atomic E-state index is 0.0580. The summed E-state index contributed by atoms with van der Waals surface area (Å²) in [5, 5.41) is 2.67. The maximum absolute atomic E-state index is 11.3. The maximum atomic E-state index is 11.3. The predicted octanol–water partition coefficient (Wildman–Crippen LogP) is 1.93. The van der Waals surface area contributed by atoms with E-state index in [0.717, 1.165) is 11.1 Å². The second kappa shape index (κ2) is 6.59. The van der Waals surface area contributed by atoms with Gasteiger partial charge in [0.2, 0.25) is 5.91 Å². The third-order valence-corrected chi connectivity index (χ3v) is 2.46. The summed E-state index contributed by atoms with van der Waals surface area (Å²) in [4.78, 5) is 22.0. The number of hydrogen-bond donors (Lipinski definition) is 1. The second-order valence-electron chi connectivity index (χ2n) is 3.90. The number of carbonyl (C=O) groups is 2. The van der Waals surface area contributed by atoms with Crippen molar-refractivity contribution in [3.05, 3.63) is 41.0 Å². The fraction of sp³-hybridized carbons (Fsp3) is 0.286. The molecular formula is C14H17NO3. The van der Waals surface area contributed by atoms with Crippen LogP contribution < -0.4 is 5.32 Å². The molecule has 1 rings (SSSR count). The van der Waals surface area contributed by atoms with Gasteiger partial charge in [-0.1, -0.05) is 18.2 Å². The maximum Gasteiger partial charge on any atom is 0.337 e. The molecule has 0 saturated carbocycles. The first kappa shape index (κ1) is 14.0. The highest BCUT2D eigenvalue weighted by Gasteiger charge is 2.05. The highest BCUT2D eigenvalue weighted by atomic mass is 16.5. The predicted molar refractivity (Wildman–Crippen MR) is 70.2 cm³/mol. The molecule has 0 aliphatic rings. The molecule has 0 bridgehead atoms. The minimum atomic E-state index is -0.341. The van der Waals surface area contributed by atoms with Gasteiger partial charge in [-0.05, 0) is 30.2 Å². The van der Waals surface area contributed by atoms with Gasteiger partial charge in [-0.25, -0.2) is 4.79 Å². The van der Waals surface area contributed by atoms with Crippen LogP contribution in [0.25, 0.3) is 6.08 Å². The first-order valence-corrected chi connectivity index (χ1v) is 5.64. The molecule has 0 aromatic heterocycles. The van der Waals surface area contributed by atoms with Crippen molar-refractivity contribution in [1.29, 1.82) is 0 Å². The average Bonchev–Trinajstić information content (AvgIpc) is 2.34. The van der Waals surface area contributed by atoms with E-state index in [1.807, 2.05) is 25.1 Å². The molecule has 0 unspecified atom stereocenters. The molecule has 0 saturated heterocycles. The Hall–Kier alpha value is -2.10. The highest BCUT2D eigenvalue weighted by molar-refractivity contribution is 5.89. The van der Waals surface area contributed by atoms with Crippen LogP contribution in [-0.4, -0.2) is 25.5 Å². The van der Waals surface area contributed by atoms with E-state index in [0.29, 0.717) is 12.1 Å². The Kier molecular flexibility index (Phi) is 5.11. The molecule has 18 heavy (non-hydrogen) atoms. The normalized spacial score (nSPS) is 10.4. The summed E-state index contributed by atoms with van der Waals surface area (Å²) in [6.45, 7) is 3.89. The zero-order chi connectivity index (χ0) is 13.5. The van der Waals surface area contributed by atoms with Crippen LogP contribution in [0.5, 0.6) is 0 Å². The highest BCUT2D eigenvalue weighted by Crippen LogP contribution is 2.13. The summed E-state index contributed by atoms with van der Waals surface area (Å²) in [5.41, 5.74) is 2.53. The Bertz CT molecular complexity index is 478. The number of ether oxygens (including phenoxy) is 1. The Morgan fingerprint density at radius 1 is 1.39 bits per heavy atom. The molecule has 4 nitrogen and oxygen atoms in total. The van der Waals surface area contributed by atoms with E-state index < -0.39 is 0 Å². The van der Waals surface area contributed by atoms with Gasteiger partial charge in [0.1, 0.15) is 0 Å². The van der Waals surface area contributed by atoms with Gasteiger partial charge in [0.25, 0.3) is 0 Å². The van der Waals surface area contributed by atoms with E-state index in [-0.39, 0.29) is 11.9 Å². The lowest BCUT2D eigenvalue weighted by atomic mass is 10.0. The SMILES string of the molecule is COC(=O)c1ccc(C=CCNC(C)=O)c(C)c1. The molecule has 1 aromatic rings. The van der Waals surface area contributed by atoms with Crippen molar-refractivity contribution in [1.82, 2.24) is 5.32 Å². The monoisotopic (exact) mass is 247 g/mol. The smallest absolute Gasteiger partial charge is 0.337 e. The molecular weight excluding hydrogens is 230 g/mol. The number of hydrogen-bond acceptors (Lipinski definition) is 3. The Balaban J connectivity index is 2.73. The molecule has 0 fully saturated rings. The lowest BCUT2D eigenvalue weighted by molar-refractivity contribution is -0.118. The lowest BCUT2D eigenvalue weighted by Crippen LogP contribution is -2.19. The summed E-state index contributed by atoms with van der Waals surface area (Å²) in [6, 6.07) is 5.35. The molecule has 4 heteroatoms. The Morgan fingerprint density at radius 3 is 2.67 bits per heavy atom. The quantitative estimate of drug-likeness (QED) is 0.827.